The third-order valence-corrected chi connectivity index (χ3v) is 4.70. The van der Waals surface area contributed by atoms with E-state index < -0.39 is 0 Å². The van der Waals surface area contributed by atoms with Crippen LogP contribution in [0.4, 0.5) is 10.5 Å². The van der Waals surface area contributed by atoms with E-state index in [1.165, 1.54) is 10.9 Å². The van der Waals surface area contributed by atoms with E-state index in [2.05, 4.69) is 41.2 Å². The minimum absolute atomic E-state index is 0.0104. The minimum atomic E-state index is -0.0104. The number of piperidine rings is 1. The largest absolute Gasteiger partial charge is 0.384 e. The highest BCUT2D eigenvalue weighted by Crippen LogP contribution is 2.22. The summed E-state index contributed by atoms with van der Waals surface area (Å²) in [5.74, 6) is 0.443. The second-order valence-corrected chi connectivity index (χ2v) is 6.62. The zero-order valence-electron chi connectivity index (χ0n) is 14.6. The highest BCUT2D eigenvalue weighted by molar-refractivity contribution is 5.92. The van der Waals surface area contributed by atoms with Crippen molar-refractivity contribution in [2.24, 2.45) is 5.92 Å². The van der Waals surface area contributed by atoms with Gasteiger partial charge in [-0.3, -0.25) is 0 Å². The monoisotopic (exact) mass is 329 g/mol. The molecular formula is C19H27N3O2. The molecule has 3 rings (SSSR count). The van der Waals surface area contributed by atoms with Crippen LogP contribution in [-0.2, 0) is 11.3 Å². The highest BCUT2D eigenvalue weighted by atomic mass is 16.5. The van der Waals surface area contributed by atoms with Gasteiger partial charge < -0.3 is 19.5 Å². The van der Waals surface area contributed by atoms with Crippen LogP contribution in [0.5, 0.6) is 0 Å². The summed E-state index contributed by atoms with van der Waals surface area (Å²) in [6.07, 6.45) is 5.38. The SMILES string of the molecule is CCCn1ccc2ccc(NC(=O)N3CCCC(COC)C3)cc21. The first-order valence-electron chi connectivity index (χ1n) is 8.85. The molecule has 0 spiro atoms. The molecule has 1 saturated heterocycles. The molecule has 0 radical (unpaired) electrons. The third-order valence-electron chi connectivity index (χ3n) is 4.70. The maximum Gasteiger partial charge on any atom is 0.321 e. The average Bonchev–Trinajstić information content (AvgIpc) is 2.98. The molecular weight excluding hydrogens is 302 g/mol. The van der Waals surface area contributed by atoms with Crippen LogP contribution >= 0.6 is 0 Å². The number of carbonyl (C=O) groups is 1. The molecule has 2 heterocycles. The number of benzene rings is 1. The van der Waals surface area contributed by atoms with Gasteiger partial charge in [0.1, 0.15) is 0 Å². The van der Waals surface area contributed by atoms with Crippen molar-refractivity contribution in [1.29, 1.82) is 0 Å². The van der Waals surface area contributed by atoms with E-state index in [1.54, 1.807) is 7.11 Å². The average molecular weight is 329 g/mol. The Morgan fingerprint density at radius 1 is 1.38 bits per heavy atom. The Morgan fingerprint density at radius 2 is 2.25 bits per heavy atom. The number of likely N-dealkylation sites (tertiary alicyclic amines) is 1. The van der Waals surface area contributed by atoms with Gasteiger partial charge >= 0.3 is 6.03 Å². The quantitative estimate of drug-likeness (QED) is 0.903. The van der Waals surface area contributed by atoms with Gasteiger partial charge in [-0.2, -0.15) is 0 Å². The summed E-state index contributed by atoms with van der Waals surface area (Å²) in [4.78, 5) is 14.5. The summed E-state index contributed by atoms with van der Waals surface area (Å²) in [5.41, 5.74) is 2.03. The normalized spacial score (nSPS) is 18.1. The molecule has 0 bridgehead atoms. The van der Waals surface area contributed by atoms with Crippen molar-refractivity contribution >= 4 is 22.6 Å². The van der Waals surface area contributed by atoms with Gasteiger partial charge in [-0.1, -0.05) is 13.0 Å². The predicted molar refractivity (Wildman–Crippen MR) is 97.4 cm³/mol. The molecule has 0 saturated carbocycles. The number of ether oxygens (including phenoxy) is 1. The topological polar surface area (TPSA) is 46.5 Å². The fourth-order valence-corrected chi connectivity index (χ4v) is 3.52. The number of nitrogens with zero attached hydrogens (tertiary/aromatic N) is 2. The fourth-order valence-electron chi connectivity index (χ4n) is 3.52. The second kappa shape index (κ2) is 7.71. The molecule has 1 aliphatic rings. The van der Waals surface area contributed by atoms with Crippen molar-refractivity contribution < 1.29 is 9.53 Å². The molecule has 1 aliphatic heterocycles. The van der Waals surface area contributed by atoms with Gasteiger partial charge in [0.15, 0.2) is 0 Å². The number of carbonyl (C=O) groups excluding carboxylic acids is 1. The molecule has 1 N–H and O–H groups in total. The number of urea groups is 1. The lowest BCUT2D eigenvalue weighted by Gasteiger charge is -2.32. The summed E-state index contributed by atoms with van der Waals surface area (Å²) >= 11 is 0. The van der Waals surface area contributed by atoms with Crippen molar-refractivity contribution in [1.82, 2.24) is 9.47 Å². The first kappa shape index (κ1) is 16.8. The molecule has 5 heteroatoms. The van der Waals surface area contributed by atoms with Gasteiger partial charge in [-0.05, 0) is 42.8 Å². The summed E-state index contributed by atoms with van der Waals surface area (Å²) < 4.78 is 7.48. The van der Waals surface area contributed by atoms with Gasteiger partial charge in [0.2, 0.25) is 0 Å². The van der Waals surface area contributed by atoms with Gasteiger partial charge in [0.05, 0.1) is 12.1 Å². The number of hydrogen-bond acceptors (Lipinski definition) is 2. The first-order valence-corrected chi connectivity index (χ1v) is 8.85. The number of aromatic nitrogens is 1. The fraction of sp³-hybridized carbons (Fsp3) is 0.526. The Bertz CT molecular complexity index is 693. The minimum Gasteiger partial charge on any atom is -0.384 e. The molecule has 1 aromatic heterocycles. The van der Waals surface area contributed by atoms with Crippen LogP contribution in [0.1, 0.15) is 26.2 Å². The zero-order chi connectivity index (χ0) is 16.9. The van der Waals surface area contributed by atoms with Crippen LogP contribution in [0.25, 0.3) is 10.9 Å². The number of amides is 2. The first-order chi connectivity index (χ1) is 11.7. The van der Waals surface area contributed by atoms with Crippen LogP contribution in [0.15, 0.2) is 30.5 Å². The molecule has 0 aliphatic carbocycles. The Hall–Kier alpha value is -2.01. The number of anilines is 1. The lowest BCUT2D eigenvalue weighted by molar-refractivity contribution is 0.104. The Kier molecular flexibility index (Phi) is 5.41. The van der Waals surface area contributed by atoms with Crippen molar-refractivity contribution in [3.63, 3.8) is 0 Å². The van der Waals surface area contributed by atoms with Crippen molar-refractivity contribution in [3.8, 4) is 0 Å². The van der Waals surface area contributed by atoms with Crippen LogP contribution in [0.2, 0.25) is 0 Å². The molecule has 1 fully saturated rings. The van der Waals surface area contributed by atoms with E-state index in [0.717, 1.165) is 51.2 Å². The van der Waals surface area contributed by atoms with Crippen LogP contribution in [-0.4, -0.2) is 42.3 Å². The summed E-state index contributed by atoms with van der Waals surface area (Å²) in [6.45, 7) is 5.48. The number of nitrogens with one attached hydrogen (secondary N) is 1. The van der Waals surface area contributed by atoms with Gasteiger partial charge in [-0.25, -0.2) is 4.79 Å². The third kappa shape index (κ3) is 3.73. The van der Waals surface area contributed by atoms with E-state index in [9.17, 15) is 4.79 Å². The lowest BCUT2D eigenvalue weighted by Crippen LogP contribution is -2.43. The molecule has 5 nitrogen and oxygen atoms in total. The van der Waals surface area contributed by atoms with Crippen LogP contribution in [0, 0.1) is 5.92 Å². The van der Waals surface area contributed by atoms with Crippen LogP contribution in [0.3, 0.4) is 0 Å². The summed E-state index contributed by atoms with van der Waals surface area (Å²) in [6, 6.07) is 8.23. The van der Waals surface area contributed by atoms with E-state index in [-0.39, 0.29) is 6.03 Å². The molecule has 1 atom stereocenters. The maximum atomic E-state index is 12.6. The number of fused-ring (bicyclic) bond motifs is 1. The van der Waals surface area contributed by atoms with E-state index in [1.807, 2.05) is 11.0 Å². The molecule has 24 heavy (non-hydrogen) atoms. The van der Waals surface area contributed by atoms with E-state index in [0.29, 0.717) is 5.92 Å². The number of aryl methyl sites for hydroxylation is 1. The highest BCUT2D eigenvalue weighted by Gasteiger charge is 2.23. The summed E-state index contributed by atoms with van der Waals surface area (Å²) in [7, 11) is 1.72. The van der Waals surface area contributed by atoms with Gasteiger partial charge in [-0.15, -0.1) is 0 Å². The van der Waals surface area contributed by atoms with Crippen molar-refractivity contribution in [2.45, 2.75) is 32.7 Å². The Morgan fingerprint density at radius 3 is 3.04 bits per heavy atom. The van der Waals surface area contributed by atoms with Gasteiger partial charge in [0.25, 0.3) is 0 Å². The Balaban J connectivity index is 1.69. The molecule has 1 unspecified atom stereocenters. The number of hydrogen-bond donors (Lipinski definition) is 1. The van der Waals surface area contributed by atoms with Crippen molar-refractivity contribution in [2.75, 3.05) is 32.1 Å². The van der Waals surface area contributed by atoms with E-state index in [4.69, 9.17) is 4.74 Å². The molecule has 130 valence electrons. The number of methoxy groups -OCH3 is 1. The summed E-state index contributed by atoms with van der Waals surface area (Å²) in [5, 5.41) is 4.27. The lowest BCUT2D eigenvalue weighted by atomic mass is 9.99. The van der Waals surface area contributed by atoms with Crippen LogP contribution < -0.4 is 5.32 Å². The molecule has 1 aromatic carbocycles. The maximum absolute atomic E-state index is 12.6. The zero-order valence-corrected chi connectivity index (χ0v) is 14.6. The predicted octanol–water partition coefficient (Wildman–Crippen LogP) is 3.94. The number of rotatable bonds is 5. The second-order valence-electron chi connectivity index (χ2n) is 6.62. The smallest absolute Gasteiger partial charge is 0.321 e. The molecule has 2 aromatic rings. The molecule has 2 amide bonds. The van der Waals surface area contributed by atoms with Crippen molar-refractivity contribution in [3.05, 3.63) is 30.5 Å². The van der Waals surface area contributed by atoms with Gasteiger partial charge in [0, 0.05) is 44.5 Å². The van der Waals surface area contributed by atoms with E-state index >= 15 is 0 Å². The Labute approximate surface area is 143 Å². The standard InChI is InChI=1S/C19H27N3O2/c1-3-9-21-11-8-16-6-7-17(12-18(16)21)20-19(23)22-10-4-5-15(13-22)14-24-2/h6-8,11-12,15H,3-5,9-10,13-14H2,1-2H3,(H,20,23).